The fraction of sp³-hybridized carbons (Fsp3) is 0.583. The first-order chi connectivity index (χ1) is 15.5. The van der Waals surface area contributed by atoms with Gasteiger partial charge in [0, 0.05) is 17.1 Å². The number of piperidine rings is 1. The number of rotatable bonds is 8. The van der Waals surface area contributed by atoms with Crippen molar-refractivity contribution in [3.05, 3.63) is 41.2 Å². The van der Waals surface area contributed by atoms with Crippen LogP contribution in [0.3, 0.4) is 0 Å². The van der Waals surface area contributed by atoms with E-state index in [0.717, 1.165) is 19.0 Å². The number of amides is 2. The van der Waals surface area contributed by atoms with E-state index in [0.29, 0.717) is 25.7 Å². The number of benzene rings is 1. The van der Waals surface area contributed by atoms with E-state index in [-0.39, 0.29) is 52.2 Å². The predicted molar refractivity (Wildman–Crippen MR) is 122 cm³/mol. The van der Waals surface area contributed by atoms with E-state index >= 15 is 0 Å². The molecule has 1 aromatic carbocycles. The minimum Gasteiger partial charge on any atom is -0.484 e. The van der Waals surface area contributed by atoms with Gasteiger partial charge >= 0.3 is 0 Å². The van der Waals surface area contributed by atoms with Crippen LogP contribution in [0.25, 0.3) is 0 Å². The average Bonchev–Trinajstić information content (AvgIpc) is 2.70. The second kappa shape index (κ2) is 8.89. The maximum absolute atomic E-state index is 13.5. The molecular weight excluding hydrogens is 449 g/mol. The van der Waals surface area contributed by atoms with Gasteiger partial charge in [-0.2, -0.15) is 0 Å². The van der Waals surface area contributed by atoms with E-state index in [1.165, 1.54) is 12.1 Å². The van der Waals surface area contributed by atoms with E-state index in [1.54, 1.807) is 19.9 Å². The van der Waals surface area contributed by atoms with Gasteiger partial charge in [-0.1, -0.05) is 23.8 Å². The summed E-state index contributed by atoms with van der Waals surface area (Å²) in [5.41, 5.74) is -1.40. The molecular formula is C24H31ClFN3O4. The summed E-state index contributed by atoms with van der Waals surface area (Å²) in [7, 11) is 0. The first-order valence-electron chi connectivity index (χ1n) is 11.3. The topological polar surface area (TPSA) is 99.7 Å². The summed E-state index contributed by atoms with van der Waals surface area (Å²) >= 11 is 5.64. The highest BCUT2D eigenvalue weighted by Crippen LogP contribution is 2.60. The zero-order valence-electron chi connectivity index (χ0n) is 18.9. The fourth-order valence-electron chi connectivity index (χ4n) is 5.14. The molecule has 0 radical (unpaired) electrons. The lowest BCUT2D eigenvalue weighted by Gasteiger charge is -2.70. The van der Waals surface area contributed by atoms with Crippen molar-refractivity contribution in [3.63, 3.8) is 0 Å². The van der Waals surface area contributed by atoms with E-state index in [2.05, 4.69) is 16.0 Å². The molecule has 4 N–H and O–H groups in total. The van der Waals surface area contributed by atoms with Gasteiger partial charge in [-0.15, -0.1) is 0 Å². The molecule has 1 aliphatic heterocycles. The number of nitrogens with one attached hydrogen (secondary N) is 3. The van der Waals surface area contributed by atoms with Crippen molar-refractivity contribution in [2.45, 2.75) is 68.7 Å². The lowest BCUT2D eigenvalue weighted by molar-refractivity contribution is -0.151. The highest BCUT2D eigenvalue weighted by molar-refractivity contribution is 6.30. The minimum absolute atomic E-state index is 0.00228. The van der Waals surface area contributed by atoms with Crippen molar-refractivity contribution in [2.75, 3.05) is 13.2 Å². The van der Waals surface area contributed by atoms with Crippen LogP contribution in [0.2, 0.25) is 5.02 Å². The van der Waals surface area contributed by atoms with E-state index in [4.69, 9.17) is 16.3 Å². The third kappa shape index (κ3) is 5.67. The Bertz CT molecular complexity index is 942. The van der Waals surface area contributed by atoms with Gasteiger partial charge in [0.25, 0.3) is 5.91 Å². The Labute approximate surface area is 198 Å². The molecule has 2 unspecified atom stereocenters. The van der Waals surface area contributed by atoms with Crippen molar-refractivity contribution in [3.8, 4) is 5.75 Å². The maximum atomic E-state index is 13.5. The number of carbonyl (C=O) groups is 2. The highest BCUT2D eigenvalue weighted by Gasteiger charge is 2.69. The smallest absolute Gasteiger partial charge is 0.258 e. The standard InChI is InChI=1S/C24H31ClFN3O4/c1-22(2,32)7-5-15-6-8-27-19(9-15)21(31)29-24-12-23(13-24,14-24)28-20(30)11-33-16-3-4-17(25)18(26)10-16/h3-5,7,10,15,19,27,32H,6,8-9,11-14H2,1-2H3,(H,28,30)(H,29,31)/b7-5+. The van der Waals surface area contributed by atoms with Crippen LogP contribution in [0.15, 0.2) is 30.4 Å². The van der Waals surface area contributed by atoms with Gasteiger partial charge < -0.3 is 25.8 Å². The molecule has 180 valence electrons. The van der Waals surface area contributed by atoms with Crippen LogP contribution >= 0.6 is 11.6 Å². The molecule has 4 aliphatic rings. The Balaban J connectivity index is 1.20. The number of aliphatic hydroxyl groups is 1. The van der Waals surface area contributed by atoms with Gasteiger partial charge in [0.15, 0.2) is 6.61 Å². The molecule has 33 heavy (non-hydrogen) atoms. The average molecular weight is 480 g/mol. The van der Waals surface area contributed by atoms with Gasteiger partial charge in [0.1, 0.15) is 11.6 Å². The Morgan fingerprint density at radius 2 is 2.00 bits per heavy atom. The van der Waals surface area contributed by atoms with Crippen LogP contribution in [-0.4, -0.2) is 52.8 Å². The molecule has 5 rings (SSSR count). The molecule has 2 amide bonds. The summed E-state index contributed by atoms with van der Waals surface area (Å²) in [6.07, 6.45) is 7.51. The predicted octanol–water partition coefficient (Wildman–Crippen LogP) is 2.46. The molecule has 0 aromatic heterocycles. The molecule has 1 aromatic rings. The largest absolute Gasteiger partial charge is 0.484 e. The van der Waals surface area contributed by atoms with Crippen LogP contribution in [0, 0.1) is 11.7 Å². The van der Waals surface area contributed by atoms with Gasteiger partial charge in [0.05, 0.1) is 16.7 Å². The Hall–Kier alpha value is -2.16. The van der Waals surface area contributed by atoms with Gasteiger partial charge in [0.2, 0.25) is 5.91 Å². The van der Waals surface area contributed by atoms with Gasteiger partial charge in [-0.05, 0) is 70.5 Å². The summed E-state index contributed by atoms with van der Waals surface area (Å²) in [5, 5.41) is 19.3. The molecule has 4 fully saturated rings. The molecule has 3 aliphatic carbocycles. The van der Waals surface area contributed by atoms with Crippen LogP contribution in [0.1, 0.15) is 46.0 Å². The van der Waals surface area contributed by atoms with Crippen molar-refractivity contribution < 1.29 is 23.8 Å². The Morgan fingerprint density at radius 1 is 1.30 bits per heavy atom. The highest BCUT2D eigenvalue weighted by atomic mass is 35.5. The van der Waals surface area contributed by atoms with Crippen LogP contribution < -0.4 is 20.7 Å². The van der Waals surface area contributed by atoms with E-state index < -0.39 is 11.4 Å². The lowest BCUT2D eigenvalue weighted by atomic mass is 9.44. The minimum atomic E-state index is -0.858. The van der Waals surface area contributed by atoms with Crippen LogP contribution in [0.5, 0.6) is 5.75 Å². The summed E-state index contributed by atoms with van der Waals surface area (Å²) in [6, 6.07) is 3.77. The molecule has 1 heterocycles. The van der Waals surface area contributed by atoms with E-state index in [1.807, 2.05) is 6.08 Å². The van der Waals surface area contributed by atoms with Crippen molar-refractivity contribution in [1.29, 1.82) is 0 Å². The summed E-state index contributed by atoms with van der Waals surface area (Å²) in [5.74, 6) is -0.395. The number of hydrogen-bond acceptors (Lipinski definition) is 5. The Morgan fingerprint density at radius 3 is 2.67 bits per heavy atom. The van der Waals surface area contributed by atoms with Crippen LogP contribution in [0.4, 0.5) is 4.39 Å². The monoisotopic (exact) mass is 479 g/mol. The number of hydrogen-bond donors (Lipinski definition) is 4. The van der Waals surface area contributed by atoms with Crippen LogP contribution in [-0.2, 0) is 9.59 Å². The molecule has 1 saturated heterocycles. The second-order valence-corrected chi connectivity index (χ2v) is 10.7. The van der Waals surface area contributed by atoms with Crippen molar-refractivity contribution in [1.82, 2.24) is 16.0 Å². The first-order valence-corrected chi connectivity index (χ1v) is 11.7. The summed E-state index contributed by atoms with van der Waals surface area (Å²) < 4.78 is 18.8. The summed E-state index contributed by atoms with van der Waals surface area (Å²) in [4.78, 5) is 25.1. The maximum Gasteiger partial charge on any atom is 0.258 e. The quantitative estimate of drug-likeness (QED) is 0.429. The van der Waals surface area contributed by atoms with E-state index in [9.17, 15) is 19.1 Å². The van der Waals surface area contributed by atoms with Crippen molar-refractivity contribution >= 4 is 23.4 Å². The number of halogens is 2. The molecule has 7 nitrogen and oxygen atoms in total. The number of ether oxygens (including phenoxy) is 1. The van der Waals surface area contributed by atoms with Crippen molar-refractivity contribution in [2.24, 2.45) is 5.92 Å². The molecule has 2 bridgehead atoms. The van der Waals surface area contributed by atoms with Gasteiger partial charge in [-0.3, -0.25) is 9.59 Å². The molecule has 0 spiro atoms. The van der Waals surface area contributed by atoms with Gasteiger partial charge in [-0.25, -0.2) is 4.39 Å². The molecule has 9 heteroatoms. The Kier molecular flexibility index (Phi) is 6.46. The SMILES string of the molecule is CC(C)(O)/C=C/C1CCNC(C(=O)NC23CC(NC(=O)COc4ccc(Cl)c(F)c4)(C2)C3)C1. The zero-order chi connectivity index (χ0) is 23.9. The third-order valence-electron chi connectivity index (χ3n) is 6.62. The summed E-state index contributed by atoms with van der Waals surface area (Å²) in [6.45, 7) is 4.00. The normalized spacial score (nSPS) is 30.8. The fourth-order valence-corrected chi connectivity index (χ4v) is 5.26. The zero-order valence-corrected chi connectivity index (χ0v) is 19.7. The second-order valence-electron chi connectivity index (χ2n) is 10.3. The lowest BCUT2D eigenvalue weighted by Crippen LogP contribution is -2.84. The molecule has 2 atom stereocenters. The third-order valence-corrected chi connectivity index (χ3v) is 6.93. The molecule has 3 saturated carbocycles. The number of allylic oxidation sites excluding steroid dienone is 1. The number of carbonyl (C=O) groups excluding carboxylic acids is 2. The first kappa shape index (κ1) is 24.0.